The van der Waals surface area contributed by atoms with Crippen LogP contribution in [-0.4, -0.2) is 22.0 Å². The topological polar surface area (TPSA) is 59.9 Å². The minimum absolute atomic E-state index is 0.0365. The number of alkyl halides is 3. The number of rotatable bonds is 4. The molecule has 2 heterocycles. The summed E-state index contributed by atoms with van der Waals surface area (Å²) in [7, 11) is 1.48. The maximum Gasteiger partial charge on any atom is 0.433 e. The molecule has 21 heavy (non-hydrogen) atoms. The van der Waals surface area contributed by atoms with Crippen molar-refractivity contribution in [3.05, 3.63) is 41.6 Å². The van der Waals surface area contributed by atoms with Crippen molar-refractivity contribution in [2.75, 3.05) is 12.4 Å². The van der Waals surface area contributed by atoms with Crippen molar-refractivity contribution in [1.82, 2.24) is 15.0 Å². The highest BCUT2D eigenvalue weighted by Crippen LogP contribution is 2.27. The number of pyridine rings is 1. The molecule has 0 radical (unpaired) electrons. The standard InChI is InChI=1S/C12H10F4N4O/c1-17-10-8(13)5-19-11(20-10)21-6-7-2-3-9(18-4-7)12(14,15)16/h2-5H,6H2,1H3,(H,17,19,20). The van der Waals surface area contributed by atoms with Crippen LogP contribution in [0.15, 0.2) is 24.5 Å². The molecule has 112 valence electrons. The third-order valence-corrected chi connectivity index (χ3v) is 2.44. The Hall–Kier alpha value is -2.45. The molecule has 0 bridgehead atoms. The largest absolute Gasteiger partial charge is 0.458 e. The molecular formula is C12H10F4N4O. The van der Waals surface area contributed by atoms with Gasteiger partial charge in [0.1, 0.15) is 12.3 Å². The second kappa shape index (κ2) is 5.90. The molecule has 0 spiro atoms. The van der Waals surface area contributed by atoms with Crippen molar-refractivity contribution in [2.45, 2.75) is 12.8 Å². The Kier molecular flexibility index (Phi) is 4.20. The summed E-state index contributed by atoms with van der Waals surface area (Å²) < 4.78 is 55.3. The molecule has 0 aliphatic heterocycles. The molecular weight excluding hydrogens is 292 g/mol. The van der Waals surface area contributed by atoms with E-state index >= 15 is 0 Å². The number of nitrogens with one attached hydrogen (secondary N) is 1. The monoisotopic (exact) mass is 302 g/mol. The fourth-order valence-electron chi connectivity index (χ4n) is 1.42. The first-order chi connectivity index (χ1) is 9.90. The minimum atomic E-state index is -4.48. The van der Waals surface area contributed by atoms with Crippen LogP contribution in [0, 0.1) is 5.82 Å². The van der Waals surface area contributed by atoms with Crippen molar-refractivity contribution in [2.24, 2.45) is 0 Å². The molecule has 9 heteroatoms. The van der Waals surface area contributed by atoms with E-state index in [-0.39, 0.29) is 18.4 Å². The van der Waals surface area contributed by atoms with E-state index < -0.39 is 17.7 Å². The molecule has 0 saturated carbocycles. The van der Waals surface area contributed by atoms with Crippen LogP contribution in [0.3, 0.4) is 0 Å². The first kappa shape index (κ1) is 14.9. The van der Waals surface area contributed by atoms with Gasteiger partial charge in [-0.15, -0.1) is 0 Å². The molecule has 0 aliphatic carbocycles. The van der Waals surface area contributed by atoms with Crippen LogP contribution in [0.1, 0.15) is 11.3 Å². The van der Waals surface area contributed by atoms with Crippen molar-refractivity contribution in [1.29, 1.82) is 0 Å². The Morgan fingerprint density at radius 2 is 1.95 bits per heavy atom. The zero-order valence-corrected chi connectivity index (χ0v) is 10.8. The van der Waals surface area contributed by atoms with Crippen LogP contribution >= 0.6 is 0 Å². The van der Waals surface area contributed by atoms with Gasteiger partial charge in [0.15, 0.2) is 11.6 Å². The Bertz CT molecular complexity index is 616. The van der Waals surface area contributed by atoms with E-state index in [0.29, 0.717) is 5.56 Å². The van der Waals surface area contributed by atoms with Gasteiger partial charge < -0.3 is 10.1 Å². The molecule has 0 atom stereocenters. The zero-order chi connectivity index (χ0) is 15.5. The van der Waals surface area contributed by atoms with Gasteiger partial charge in [0, 0.05) is 18.8 Å². The Morgan fingerprint density at radius 3 is 2.52 bits per heavy atom. The third-order valence-electron chi connectivity index (χ3n) is 2.44. The molecule has 0 aromatic carbocycles. The normalized spacial score (nSPS) is 11.3. The van der Waals surface area contributed by atoms with Gasteiger partial charge in [-0.1, -0.05) is 6.07 Å². The van der Waals surface area contributed by atoms with Gasteiger partial charge in [-0.3, -0.25) is 4.98 Å². The summed E-state index contributed by atoms with van der Waals surface area (Å²) in [6, 6.07) is 1.99. The molecule has 0 saturated heterocycles. The highest BCUT2D eigenvalue weighted by Gasteiger charge is 2.31. The van der Waals surface area contributed by atoms with E-state index in [9.17, 15) is 17.6 Å². The number of ether oxygens (including phenoxy) is 1. The lowest BCUT2D eigenvalue weighted by molar-refractivity contribution is -0.141. The first-order valence-electron chi connectivity index (χ1n) is 5.75. The van der Waals surface area contributed by atoms with Gasteiger partial charge in [0.05, 0.1) is 6.20 Å². The van der Waals surface area contributed by atoms with Crippen LogP contribution in [-0.2, 0) is 12.8 Å². The number of hydrogen-bond donors (Lipinski definition) is 1. The van der Waals surface area contributed by atoms with Gasteiger partial charge >= 0.3 is 12.2 Å². The number of nitrogens with zero attached hydrogens (tertiary/aromatic N) is 3. The van der Waals surface area contributed by atoms with Crippen LogP contribution < -0.4 is 10.1 Å². The van der Waals surface area contributed by atoms with Crippen molar-refractivity contribution >= 4 is 5.82 Å². The molecule has 2 aromatic rings. The summed E-state index contributed by atoms with van der Waals surface area (Å²) in [6.07, 6.45) is -2.51. The van der Waals surface area contributed by atoms with E-state index in [4.69, 9.17) is 4.74 Å². The molecule has 0 amide bonds. The zero-order valence-electron chi connectivity index (χ0n) is 10.8. The molecule has 0 fully saturated rings. The average molecular weight is 302 g/mol. The van der Waals surface area contributed by atoms with Crippen molar-refractivity contribution in [3.63, 3.8) is 0 Å². The smallest absolute Gasteiger partial charge is 0.433 e. The van der Waals surface area contributed by atoms with E-state index in [2.05, 4.69) is 20.3 Å². The van der Waals surface area contributed by atoms with Crippen LogP contribution in [0.2, 0.25) is 0 Å². The lowest BCUT2D eigenvalue weighted by Gasteiger charge is -2.08. The van der Waals surface area contributed by atoms with Gasteiger partial charge in [0.25, 0.3) is 0 Å². The maximum atomic E-state index is 13.1. The quantitative estimate of drug-likeness (QED) is 0.880. The van der Waals surface area contributed by atoms with Crippen molar-refractivity contribution in [3.8, 4) is 6.01 Å². The Balaban J connectivity index is 2.03. The fraction of sp³-hybridized carbons (Fsp3) is 0.250. The second-order valence-corrected chi connectivity index (χ2v) is 3.94. The summed E-state index contributed by atoms with van der Waals surface area (Å²) in [4.78, 5) is 10.6. The maximum absolute atomic E-state index is 13.1. The van der Waals surface area contributed by atoms with Gasteiger partial charge in [-0.25, -0.2) is 9.37 Å². The number of hydrogen-bond acceptors (Lipinski definition) is 5. The average Bonchev–Trinajstić information content (AvgIpc) is 2.46. The van der Waals surface area contributed by atoms with E-state index in [1.807, 2.05) is 0 Å². The summed E-state index contributed by atoms with van der Waals surface area (Å²) >= 11 is 0. The molecule has 0 unspecified atom stereocenters. The SMILES string of the molecule is CNc1nc(OCc2ccc(C(F)(F)F)nc2)ncc1F. The number of aromatic nitrogens is 3. The lowest BCUT2D eigenvalue weighted by Crippen LogP contribution is -2.08. The summed E-state index contributed by atoms with van der Waals surface area (Å²) in [6.45, 7) is -0.0834. The van der Waals surface area contributed by atoms with Gasteiger partial charge in [-0.05, 0) is 6.07 Å². The molecule has 0 aliphatic rings. The van der Waals surface area contributed by atoms with Gasteiger partial charge in [-0.2, -0.15) is 18.2 Å². The lowest BCUT2D eigenvalue weighted by atomic mass is 10.2. The van der Waals surface area contributed by atoms with Gasteiger partial charge in [0.2, 0.25) is 0 Å². The number of anilines is 1. The van der Waals surface area contributed by atoms with Crippen LogP contribution in [0.5, 0.6) is 6.01 Å². The summed E-state index contributed by atoms with van der Waals surface area (Å²) in [5, 5.41) is 2.51. The Morgan fingerprint density at radius 1 is 1.19 bits per heavy atom. The molecule has 5 nitrogen and oxygen atoms in total. The number of halogens is 4. The third kappa shape index (κ3) is 3.77. The van der Waals surface area contributed by atoms with E-state index in [0.717, 1.165) is 18.5 Å². The first-order valence-corrected chi connectivity index (χ1v) is 5.75. The highest BCUT2D eigenvalue weighted by atomic mass is 19.4. The molecule has 2 rings (SSSR count). The highest BCUT2D eigenvalue weighted by molar-refractivity contribution is 5.34. The summed E-state index contributed by atoms with van der Waals surface area (Å²) in [5.74, 6) is -0.674. The molecule has 1 N–H and O–H groups in total. The Labute approximate surface area is 117 Å². The summed E-state index contributed by atoms with van der Waals surface area (Å²) in [5.41, 5.74) is -0.580. The van der Waals surface area contributed by atoms with E-state index in [1.54, 1.807) is 0 Å². The minimum Gasteiger partial charge on any atom is -0.458 e. The second-order valence-electron chi connectivity index (χ2n) is 3.94. The van der Waals surface area contributed by atoms with Crippen molar-refractivity contribution < 1.29 is 22.3 Å². The van der Waals surface area contributed by atoms with E-state index in [1.165, 1.54) is 13.1 Å². The molecule has 2 aromatic heterocycles. The fourth-order valence-corrected chi connectivity index (χ4v) is 1.42. The predicted molar refractivity (Wildman–Crippen MR) is 65.1 cm³/mol. The predicted octanol–water partition coefficient (Wildman–Crippen LogP) is 2.65. The van der Waals surface area contributed by atoms with Crippen LogP contribution in [0.4, 0.5) is 23.4 Å². The van der Waals surface area contributed by atoms with Crippen LogP contribution in [0.25, 0.3) is 0 Å².